The summed E-state index contributed by atoms with van der Waals surface area (Å²) in [6.45, 7) is 0.405. The highest BCUT2D eigenvalue weighted by Crippen LogP contribution is 2.54. The zero-order valence-electron chi connectivity index (χ0n) is 10.1. The molecule has 0 N–H and O–H groups in total. The van der Waals surface area contributed by atoms with Gasteiger partial charge < -0.3 is 4.74 Å². The van der Waals surface area contributed by atoms with Crippen LogP contribution < -0.4 is 0 Å². The Morgan fingerprint density at radius 2 is 2.06 bits per heavy atom. The average Bonchev–Trinajstić information content (AvgIpc) is 2.97. The molecule has 1 aromatic carbocycles. The standard InChI is InChI=1S/C14H16BrFO2/c15-14(16)10-12(14)8-4-5-9-18-13(17)11-6-2-1-3-7-11/h1-3,6-7,12H,4-5,8-10H2. The van der Waals surface area contributed by atoms with Gasteiger partial charge in [0.2, 0.25) is 0 Å². The van der Waals surface area contributed by atoms with Crippen molar-refractivity contribution in [3.05, 3.63) is 35.9 Å². The van der Waals surface area contributed by atoms with Gasteiger partial charge in [-0.3, -0.25) is 0 Å². The molecule has 2 rings (SSSR count). The van der Waals surface area contributed by atoms with E-state index in [1.54, 1.807) is 24.3 Å². The molecule has 2 nitrogen and oxygen atoms in total. The third-order valence-electron chi connectivity index (χ3n) is 3.15. The molecule has 1 aliphatic carbocycles. The van der Waals surface area contributed by atoms with Crippen molar-refractivity contribution < 1.29 is 13.9 Å². The van der Waals surface area contributed by atoms with Crippen molar-refractivity contribution in [2.75, 3.05) is 6.61 Å². The first-order valence-electron chi connectivity index (χ1n) is 6.19. The largest absolute Gasteiger partial charge is 0.462 e. The van der Waals surface area contributed by atoms with Gasteiger partial charge in [0.25, 0.3) is 0 Å². The molecule has 0 heterocycles. The molecule has 0 saturated heterocycles. The highest BCUT2D eigenvalue weighted by molar-refractivity contribution is 9.10. The Kier molecular flexibility index (Phi) is 4.38. The molecular formula is C14H16BrFO2. The molecule has 0 aromatic heterocycles. The molecule has 18 heavy (non-hydrogen) atoms. The Hall–Kier alpha value is -0.900. The number of esters is 1. The minimum atomic E-state index is -1.12. The number of carbonyl (C=O) groups is 1. The predicted molar refractivity (Wildman–Crippen MR) is 71.4 cm³/mol. The quantitative estimate of drug-likeness (QED) is 0.449. The zero-order valence-corrected chi connectivity index (χ0v) is 11.7. The Bertz CT molecular complexity index is 406. The van der Waals surface area contributed by atoms with E-state index >= 15 is 0 Å². The summed E-state index contributed by atoms with van der Waals surface area (Å²) in [4.78, 5) is 11.6. The molecule has 0 spiro atoms. The molecule has 1 aromatic rings. The lowest BCUT2D eigenvalue weighted by molar-refractivity contribution is 0.0497. The molecule has 1 saturated carbocycles. The van der Waals surface area contributed by atoms with Crippen molar-refractivity contribution in [3.8, 4) is 0 Å². The molecule has 1 fully saturated rings. The number of unbranched alkanes of at least 4 members (excludes halogenated alkanes) is 1. The summed E-state index contributed by atoms with van der Waals surface area (Å²) in [6, 6.07) is 8.93. The lowest BCUT2D eigenvalue weighted by Gasteiger charge is -2.04. The summed E-state index contributed by atoms with van der Waals surface area (Å²) >= 11 is 3.02. The van der Waals surface area contributed by atoms with E-state index in [9.17, 15) is 9.18 Å². The van der Waals surface area contributed by atoms with E-state index in [0.29, 0.717) is 18.6 Å². The van der Waals surface area contributed by atoms with Crippen LogP contribution in [0, 0.1) is 5.92 Å². The SMILES string of the molecule is O=C(OCCCCC1CC1(F)Br)c1ccccc1. The molecular weight excluding hydrogens is 299 g/mol. The molecule has 0 amide bonds. The van der Waals surface area contributed by atoms with E-state index in [-0.39, 0.29) is 11.9 Å². The first-order valence-corrected chi connectivity index (χ1v) is 6.99. The first-order chi connectivity index (χ1) is 8.59. The van der Waals surface area contributed by atoms with Crippen molar-refractivity contribution in [1.82, 2.24) is 0 Å². The predicted octanol–water partition coefficient (Wildman–Crippen LogP) is 4.09. The van der Waals surface area contributed by atoms with E-state index in [1.807, 2.05) is 6.07 Å². The Balaban J connectivity index is 1.57. The lowest BCUT2D eigenvalue weighted by Crippen LogP contribution is -2.06. The number of ether oxygens (including phenoxy) is 1. The summed E-state index contributed by atoms with van der Waals surface area (Å²) in [7, 11) is 0. The maximum absolute atomic E-state index is 13.2. The minimum Gasteiger partial charge on any atom is -0.462 e. The van der Waals surface area contributed by atoms with E-state index in [0.717, 1.165) is 19.3 Å². The lowest BCUT2D eigenvalue weighted by atomic mass is 10.2. The van der Waals surface area contributed by atoms with Crippen LogP contribution in [0.4, 0.5) is 4.39 Å². The molecule has 1 aliphatic rings. The van der Waals surface area contributed by atoms with Crippen LogP contribution in [0.2, 0.25) is 0 Å². The first kappa shape index (κ1) is 13.5. The number of hydrogen-bond donors (Lipinski definition) is 0. The maximum Gasteiger partial charge on any atom is 0.338 e. The van der Waals surface area contributed by atoms with Crippen LogP contribution in [0.25, 0.3) is 0 Å². The van der Waals surface area contributed by atoms with Crippen molar-refractivity contribution in [1.29, 1.82) is 0 Å². The van der Waals surface area contributed by atoms with E-state index in [1.165, 1.54) is 0 Å². The van der Waals surface area contributed by atoms with Gasteiger partial charge in [0.05, 0.1) is 12.2 Å². The second kappa shape index (κ2) is 5.83. The number of benzene rings is 1. The average molecular weight is 315 g/mol. The van der Waals surface area contributed by atoms with Gasteiger partial charge >= 0.3 is 5.97 Å². The smallest absolute Gasteiger partial charge is 0.338 e. The molecule has 0 radical (unpaired) electrons. The van der Waals surface area contributed by atoms with Crippen LogP contribution in [-0.2, 0) is 4.74 Å². The van der Waals surface area contributed by atoms with Crippen molar-refractivity contribution in [2.45, 2.75) is 30.3 Å². The highest BCUT2D eigenvalue weighted by Gasteiger charge is 2.52. The summed E-state index contributed by atoms with van der Waals surface area (Å²) < 4.78 is 17.2. The Labute approximate surface area is 115 Å². The summed E-state index contributed by atoms with van der Waals surface area (Å²) in [5.74, 6) is -0.148. The van der Waals surface area contributed by atoms with E-state index in [4.69, 9.17) is 4.74 Å². The third kappa shape index (κ3) is 3.80. The van der Waals surface area contributed by atoms with Gasteiger partial charge in [0.1, 0.15) is 0 Å². The fourth-order valence-electron chi connectivity index (χ4n) is 1.90. The van der Waals surface area contributed by atoms with Crippen LogP contribution in [0.5, 0.6) is 0 Å². The normalized spacial score (nSPS) is 25.8. The molecule has 2 unspecified atom stereocenters. The number of rotatable bonds is 6. The molecule has 4 heteroatoms. The molecule has 98 valence electrons. The molecule has 0 bridgehead atoms. The molecule has 0 aliphatic heterocycles. The Morgan fingerprint density at radius 3 is 2.67 bits per heavy atom. The van der Waals surface area contributed by atoms with Crippen molar-refractivity contribution >= 4 is 21.9 Å². The van der Waals surface area contributed by atoms with Gasteiger partial charge in [-0.1, -0.05) is 18.2 Å². The number of alkyl halides is 2. The topological polar surface area (TPSA) is 26.3 Å². The van der Waals surface area contributed by atoms with Crippen molar-refractivity contribution in [3.63, 3.8) is 0 Å². The van der Waals surface area contributed by atoms with E-state index in [2.05, 4.69) is 15.9 Å². The van der Waals surface area contributed by atoms with E-state index < -0.39 is 4.58 Å². The summed E-state index contributed by atoms with van der Waals surface area (Å²) in [5, 5.41) is 0. The fourth-order valence-corrected chi connectivity index (χ4v) is 2.52. The number of hydrogen-bond acceptors (Lipinski definition) is 2. The second-order valence-electron chi connectivity index (χ2n) is 4.66. The minimum absolute atomic E-state index is 0.141. The van der Waals surface area contributed by atoms with Gasteiger partial charge in [-0.2, -0.15) is 0 Å². The van der Waals surface area contributed by atoms with Crippen LogP contribution in [0.15, 0.2) is 30.3 Å². The maximum atomic E-state index is 13.2. The van der Waals surface area contributed by atoms with Crippen LogP contribution in [0.3, 0.4) is 0 Å². The number of carbonyl (C=O) groups excluding carboxylic acids is 1. The fraction of sp³-hybridized carbons (Fsp3) is 0.500. The third-order valence-corrected chi connectivity index (χ3v) is 4.12. The van der Waals surface area contributed by atoms with Gasteiger partial charge in [-0.05, 0) is 53.7 Å². The Morgan fingerprint density at radius 1 is 1.39 bits per heavy atom. The van der Waals surface area contributed by atoms with Gasteiger partial charge in [0.15, 0.2) is 4.58 Å². The second-order valence-corrected chi connectivity index (χ2v) is 5.98. The highest BCUT2D eigenvalue weighted by atomic mass is 79.9. The van der Waals surface area contributed by atoms with Gasteiger partial charge in [-0.15, -0.1) is 0 Å². The van der Waals surface area contributed by atoms with Crippen LogP contribution in [-0.4, -0.2) is 17.2 Å². The van der Waals surface area contributed by atoms with Crippen LogP contribution >= 0.6 is 15.9 Å². The van der Waals surface area contributed by atoms with Crippen LogP contribution in [0.1, 0.15) is 36.0 Å². The number of halogens is 2. The van der Waals surface area contributed by atoms with Gasteiger partial charge in [0, 0.05) is 5.92 Å². The zero-order chi connectivity index (χ0) is 13.0. The molecule has 2 atom stereocenters. The summed E-state index contributed by atoms with van der Waals surface area (Å²) in [5.41, 5.74) is 0.572. The van der Waals surface area contributed by atoms with Crippen molar-refractivity contribution in [2.24, 2.45) is 5.92 Å². The monoisotopic (exact) mass is 314 g/mol. The van der Waals surface area contributed by atoms with Gasteiger partial charge in [-0.25, -0.2) is 9.18 Å². The summed E-state index contributed by atoms with van der Waals surface area (Å²) in [6.07, 6.45) is 3.14.